The van der Waals surface area contributed by atoms with Crippen LogP contribution in [0.25, 0.3) is 0 Å². The molecule has 1 N–H and O–H groups in total. The van der Waals surface area contributed by atoms with Crippen LogP contribution < -0.4 is 5.32 Å². The van der Waals surface area contributed by atoms with Gasteiger partial charge < -0.3 is 5.32 Å². The van der Waals surface area contributed by atoms with Crippen molar-refractivity contribution in [2.75, 3.05) is 20.1 Å². The molecule has 1 atom stereocenters. The predicted molar refractivity (Wildman–Crippen MR) is 64.4 cm³/mol. The topological polar surface area (TPSA) is 49.4 Å². The fourth-order valence-corrected chi connectivity index (χ4v) is 3.39. The summed E-state index contributed by atoms with van der Waals surface area (Å²) in [6.45, 7) is 8.67. The van der Waals surface area contributed by atoms with Gasteiger partial charge in [0, 0.05) is 19.1 Å². The Hall–Kier alpha value is -0.130. The summed E-state index contributed by atoms with van der Waals surface area (Å²) in [7, 11) is -1.38. The summed E-state index contributed by atoms with van der Waals surface area (Å²) in [6, 6.07) is 0.0363. The van der Waals surface area contributed by atoms with E-state index in [2.05, 4.69) is 5.32 Å². The molecule has 0 heterocycles. The largest absolute Gasteiger partial charge is 0.318 e. The fourth-order valence-electron chi connectivity index (χ4n) is 1.52. The Kier molecular flexibility index (Phi) is 6.40. The Labute approximate surface area is 94.1 Å². The van der Waals surface area contributed by atoms with Crippen molar-refractivity contribution in [1.29, 1.82) is 0 Å². The first-order chi connectivity index (χ1) is 6.87. The van der Waals surface area contributed by atoms with Crippen LogP contribution in [-0.2, 0) is 10.0 Å². The van der Waals surface area contributed by atoms with Crippen molar-refractivity contribution in [3.05, 3.63) is 0 Å². The maximum atomic E-state index is 12.1. The highest BCUT2D eigenvalue weighted by Gasteiger charge is 2.29. The Morgan fingerprint density at radius 2 is 1.80 bits per heavy atom. The lowest BCUT2D eigenvalue weighted by Crippen LogP contribution is -2.45. The van der Waals surface area contributed by atoms with Crippen LogP contribution >= 0.6 is 0 Å². The van der Waals surface area contributed by atoms with E-state index < -0.39 is 10.0 Å². The van der Waals surface area contributed by atoms with Crippen LogP contribution in [0.1, 0.15) is 34.1 Å². The van der Waals surface area contributed by atoms with Gasteiger partial charge in [0.2, 0.25) is 10.0 Å². The summed E-state index contributed by atoms with van der Waals surface area (Å²) in [4.78, 5) is 0. The molecular formula is C10H24N2O2S. The number of hydrogen-bond donors (Lipinski definition) is 1. The zero-order valence-corrected chi connectivity index (χ0v) is 11.3. The summed E-state index contributed by atoms with van der Waals surface area (Å²) in [5, 5.41) is 2.54. The molecule has 0 rings (SSSR count). The minimum Gasteiger partial charge on any atom is -0.318 e. The van der Waals surface area contributed by atoms with Crippen molar-refractivity contribution in [1.82, 2.24) is 9.62 Å². The van der Waals surface area contributed by atoms with Gasteiger partial charge in [-0.1, -0.05) is 6.92 Å². The number of rotatable bonds is 7. The lowest BCUT2D eigenvalue weighted by atomic mass is 10.4. The number of hydrogen-bond acceptors (Lipinski definition) is 3. The van der Waals surface area contributed by atoms with Crippen molar-refractivity contribution in [3.8, 4) is 0 Å². The van der Waals surface area contributed by atoms with Gasteiger partial charge in [-0.3, -0.25) is 0 Å². The molecule has 0 aliphatic carbocycles. The standard InChI is InChI=1S/C10H24N2O2S/c1-6-7-12(9(2)3)15(13,14)10(4)8-11-5/h9-11H,6-8H2,1-5H3. The van der Waals surface area contributed by atoms with E-state index in [1.165, 1.54) is 0 Å². The van der Waals surface area contributed by atoms with Gasteiger partial charge in [0.1, 0.15) is 0 Å². The molecule has 1 unspecified atom stereocenters. The molecule has 0 aliphatic heterocycles. The van der Waals surface area contributed by atoms with E-state index in [4.69, 9.17) is 0 Å². The minimum absolute atomic E-state index is 0.0363. The highest BCUT2D eigenvalue weighted by molar-refractivity contribution is 7.89. The van der Waals surface area contributed by atoms with Crippen molar-refractivity contribution in [2.45, 2.75) is 45.4 Å². The van der Waals surface area contributed by atoms with E-state index in [9.17, 15) is 8.42 Å². The Morgan fingerprint density at radius 1 is 1.27 bits per heavy atom. The van der Waals surface area contributed by atoms with Gasteiger partial charge in [0.25, 0.3) is 0 Å². The molecule has 0 aromatic rings. The molecular weight excluding hydrogens is 212 g/mol. The molecule has 0 aliphatic rings. The molecule has 0 fully saturated rings. The van der Waals surface area contributed by atoms with Gasteiger partial charge in [-0.05, 0) is 34.2 Å². The van der Waals surface area contributed by atoms with Crippen molar-refractivity contribution in [2.24, 2.45) is 0 Å². The Bertz CT molecular complexity index is 263. The maximum absolute atomic E-state index is 12.1. The predicted octanol–water partition coefficient (Wildman–Crippen LogP) is 1.04. The van der Waals surface area contributed by atoms with E-state index >= 15 is 0 Å². The smallest absolute Gasteiger partial charge is 0.218 e. The Balaban J connectivity index is 4.78. The van der Waals surface area contributed by atoms with Crippen LogP contribution in [0.5, 0.6) is 0 Å². The summed E-state index contributed by atoms with van der Waals surface area (Å²) in [5.41, 5.74) is 0. The van der Waals surface area contributed by atoms with Crippen molar-refractivity contribution in [3.63, 3.8) is 0 Å². The van der Waals surface area contributed by atoms with Gasteiger partial charge in [-0.15, -0.1) is 0 Å². The molecule has 0 bridgehead atoms. The minimum atomic E-state index is -3.15. The fraction of sp³-hybridized carbons (Fsp3) is 1.00. The number of nitrogens with one attached hydrogen (secondary N) is 1. The Morgan fingerprint density at radius 3 is 2.13 bits per heavy atom. The van der Waals surface area contributed by atoms with Crippen LogP contribution in [-0.4, -0.2) is 44.2 Å². The maximum Gasteiger partial charge on any atom is 0.218 e. The van der Waals surface area contributed by atoms with Crippen LogP contribution in [0, 0.1) is 0 Å². The summed E-state index contributed by atoms with van der Waals surface area (Å²) >= 11 is 0. The van der Waals surface area contributed by atoms with Gasteiger partial charge >= 0.3 is 0 Å². The zero-order valence-electron chi connectivity index (χ0n) is 10.4. The van der Waals surface area contributed by atoms with Gasteiger partial charge in [0.15, 0.2) is 0 Å². The molecule has 0 amide bonds. The van der Waals surface area contributed by atoms with E-state index in [1.807, 2.05) is 20.8 Å². The molecule has 0 spiro atoms. The summed E-state index contributed by atoms with van der Waals surface area (Å²) in [5.74, 6) is 0. The summed E-state index contributed by atoms with van der Waals surface area (Å²) in [6.07, 6.45) is 0.851. The zero-order chi connectivity index (χ0) is 12.1. The monoisotopic (exact) mass is 236 g/mol. The van der Waals surface area contributed by atoms with Crippen LogP contribution in [0.15, 0.2) is 0 Å². The molecule has 4 nitrogen and oxygen atoms in total. The van der Waals surface area contributed by atoms with Crippen LogP contribution in [0.2, 0.25) is 0 Å². The molecule has 0 saturated heterocycles. The number of nitrogens with zero attached hydrogens (tertiary/aromatic N) is 1. The average Bonchev–Trinajstić information content (AvgIpc) is 2.13. The van der Waals surface area contributed by atoms with Gasteiger partial charge in [0.05, 0.1) is 5.25 Å². The van der Waals surface area contributed by atoms with E-state index in [0.717, 1.165) is 6.42 Å². The van der Waals surface area contributed by atoms with E-state index in [1.54, 1.807) is 18.3 Å². The quantitative estimate of drug-likeness (QED) is 0.718. The molecule has 92 valence electrons. The molecule has 0 radical (unpaired) electrons. The lowest BCUT2D eigenvalue weighted by molar-refractivity contribution is 0.349. The first-order valence-corrected chi connectivity index (χ1v) is 7.03. The average molecular weight is 236 g/mol. The molecule has 5 heteroatoms. The van der Waals surface area contributed by atoms with Gasteiger partial charge in [-0.2, -0.15) is 4.31 Å². The highest BCUT2D eigenvalue weighted by Crippen LogP contribution is 2.13. The van der Waals surface area contributed by atoms with Gasteiger partial charge in [-0.25, -0.2) is 8.42 Å². The molecule has 0 aromatic carbocycles. The number of sulfonamides is 1. The van der Waals surface area contributed by atoms with E-state index in [-0.39, 0.29) is 11.3 Å². The third-order valence-electron chi connectivity index (χ3n) is 2.35. The SMILES string of the molecule is CCCN(C(C)C)S(=O)(=O)C(C)CNC. The van der Waals surface area contributed by atoms with E-state index in [0.29, 0.717) is 13.1 Å². The van der Waals surface area contributed by atoms with Crippen molar-refractivity contribution >= 4 is 10.0 Å². The van der Waals surface area contributed by atoms with Crippen molar-refractivity contribution < 1.29 is 8.42 Å². The van der Waals surface area contributed by atoms with Crippen LogP contribution in [0.3, 0.4) is 0 Å². The van der Waals surface area contributed by atoms with Crippen LogP contribution in [0.4, 0.5) is 0 Å². The highest BCUT2D eigenvalue weighted by atomic mass is 32.2. The molecule has 0 saturated carbocycles. The second-order valence-corrected chi connectivity index (χ2v) is 6.42. The lowest BCUT2D eigenvalue weighted by Gasteiger charge is -2.28. The first kappa shape index (κ1) is 14.9. The third-order valence-corrected chi connectivity index (χ3v) is 4.79. The second kappa shape index (κ2) is 6.45. The third kappa shape index (κ3) is 4.09. The normalized spacial score (nSPS) is 14.9. The molecule has 15 heavy (non-hydrogen) atoms. The summed E-state index contributed by atoms with van der Waals surface area (Å²) < 4.78 is 25.9. The first-order valence-electron chi connectivity index (χ1n) is 5.53. The molecule has 0 aromatic heterocycles. The second-order valence-electron chi connectivity index (χ2n) is 4.12.